The predicted octanol–water partition coefficient (Wildman–Crippen LogP) is 2.93. The second-order valence-corrected chi connectivity index (χ2v) is 4.36. The van der Waals surface area contributed by atoms with Gasteiger partial charge in [0, 0.05) is 6.92 Å². The van der Waals surface area contributed by atoms with E-state index in [1.54, 1.807) is 0 Å². The zero-order valence-corrected chi connectivity index (χ0v) is 9.38. The van der Waals surface area contributed by atoms with Gasteiger partial charge in [0.05, 0.1) is 6.61 Å². The molecule has 0 unspecified atom stereocenters. The van der Waals surface area contributed by atoms with Gasteiger partial charge in [-0.3, -0.25) is 4.79 Å². The Labute approximate surface area is 86.3 Å². The van der Waals surface area contributed by atoms with Crippen molar-refractivity contribution in [1.82, 2.24) is 0 Å². The van der Waals surface area contributed by atoms with Gasteiger partial charge in [0.25, 0.3) is 0 Å². The number of esters is 1. The van der Waals surface area contributed by atoms with Gasteiger partial charge >= 0.3 is 5.97 Å². The van der Waals surface area contributed by atoms with E-state index in [4.69, 9.17) is 4.74 Å². The fourth-order valence-corrected chi connectivity index (χ4v) is 1.89. The Balaban J connectivity index is 2.31. The van der Waals surface area contributed by atoms with Crippen molar-refractivity contribution >= 4 is 5.97 Å². The first-order chi connectivity index (χ1) is 6.59. The van der Waals surface area contributed by atoms with Crippen LogP contribution in [-0.2, 0) is 9.53 Å². The first-order valence-corrected chi connectivity index (χ1v) is 5.38. The normalized spacial score (nSPS) is 23.9. The molecule has 0 heterocycles. The van der Waals surface area contributed by atoms with Gasteiger partial charge in [-0.15, -0.1) is 0 Å². The van der Waals surface area contributed by atoms with Crippen LogP contribution in [0.5, 0.6) is 0 Å². The van der Waals surface area contributed by atoms with Crippen molar-refractivity contribution < 1.29 is 9.53 Å². The summed E-state index contributed by atoms with van der Waals surface area (Å²) in [5.41, 5.74) is 1.50. The number of allylic oxidation sites excluding steroid dienone is 2. The summed E-state index contributed by atoms with van der Waals surface area (Å²) in [5, 5.41) is 0. The first kappa shape index (κ1) is 11.3. The van der Waals surface area contributed by atoms with Gasteiger partial charge in [0.15, 0.2) is 0 Å². The maximum Gasteiger partial charge on any atom is 0.302 e. The fourth-order valence-electron chi connectivity index (χ4n) is 1.89. The minimum absolute atomic E-state index is 0.167. The van der Waals surface area contributed by atoms with Crippen LogP contribution in [0.2, 0.25) is 0 Å². The van der Waals surface area contributed by atoms with E-state index in [0.717, 1.165) is 6.42 Å². The smallest absolute Gasteiger partial charge is 0.302 e. The monoisotopic (exact) mass is 196 g/mol. The lowest BCUT2D eigenvalue weighted by molar-refractivity contribution is -0.142. The van der Waals surface area contributed by atoms with E-state index in [1.807, 2.05) is 0 Å². The van der Waals surface area contributed by atoms with Gasteiger partial charge in [-0.2, -0.15) is 0 Å². The molecule has 0 saturated heterocycles. The Morgan fingerprint density at radius 1 is 1.71 bits per heavy atom. The summed E-state index contributed by atoms with van der Waals surface area (Å²) in [6.07, 6.45) is 5.91. The lowest BCUT2D eigenvalue weighted by Crippen LogP contribution is -2.20. The molecule has 0 spiro atoms. The third-order valence-corrected chi connectivity index (χ3v) is 3.03. The fraction of sp³-hybridized carbons (Fsp3) is 0.750. The van der Waals surface area contributed by atoms with Gasteiger partial charge in [-0.05, 0) is 38.0 Å². The summed E-state index contributed by atoms with van der Waals surface area (Å²) < 4.78 is 5.02. The standard InChI is InChI=1S/C12H20O2/c1-9-4-6-12(7-5-9)10(2)8-14-11(3)13/h4,10,12H,5-8H2,1-3H3/t10-,12-/m0/s1. The molecule has 1 rings (SSSR count). The molecule has 0 fully saturated rings. The maximum absolute atomic E-state index is 10.6. The van der Waals surface area contributed by atoms with Crippen molar-refractivity contribution in [3.05, 3.63) is 11.6 Å². The van der Waals surface area contributed by atoms with Crippen molar-refractivity contribution in [2.75, 3.05) is 6.61 Å². The zero-order chi connectivity index (χ0) is 10.6. The highest BCUT2D eigenvalue weighted by Crippen LogP contribution is 2.29. The SMILES string of the molecule is CC(=O)OC[C@H](C)[C@H]1CC=C(C)CC1. The Morgan fingerprint density at radius 3 is 2.93 bits per heavy atom. The van der Waals surface area contributed by atoms with Crippen LogP contribution in [0.25, 0.3) is 0 Å². The van der Waals surface area contributed by atoms with Gasteiger partial charge in [0.2, 0.25) is 0 Å². The molecule has 0 radical (unpaired) electrons. The molecule has 0 bridgehead atoms. The molecule has 1 aliphatic rings. The van der Waals surface area contributed by atoms with Crippen molar-refractivity contribution in [2.45, 2.75) is 40.0 Å². The Morgan fingerprint density at radius 2 is 2.43 bits per heavy atom. The van der Waals surface area contributed by atoms with Gasteiger partial charge in [-0.25, -0.2) is 0 Å². The highest BCUT2D eigenvalue weighted by Gasteiger charge is 2.19. The highest BCUT2D eigenvalue weighted by molar-refractivity contribution is 5.65. The van der Waals surface area contributed by atoms with Crippen LogP contribution < -0.4 is 0 Å². The van der Waals surface area contributed by atoms with Crippen LogP contribution in [0.15, 0.2) is 11.6 Å². The van der Waals surface area contributed by atoms with Crippen molar-refractivity contribution in [3.8, 4) is 0 Å². The summed E-state index contributed by atoms with van der Waals surface area (Å²) in [4.78, 5) is 10.6. The minimum atomic E-state index is -0.167. The quantitative estimate of drug-likeness (QED) is 0.512. The van der Waals surface area contributed by atoms with Crippen LogP contribution in [0.4, 0.5) is 0 Å². The number of carbonyl (C=O) groups excluding carboxylic acids is 1. The van der Waals surface area contributed by atoms with E-state index >= 15 is 0 Å². The van der Waals surface area contributed by atoms with Crippen molar-refractivity contribution in [1.29, 1.82) is 0 Å². The van der Waals surface area contributed by atoms with Gasteiger partial charge < -0.3 is 4.74 Å². The third-order valence-electron chi connectivity index (χ3n) is 3.03. The topological polar surface area (TPSA) is 26.3 Å². The minimum Gasteiger partial charge on any atom is -0.466 e. The maximum atomic E-state index is 10.6. The molecule has 1 aliphatic carbocycles. The number of ether oxygens (including phenoxy) is 1. The summed E-state index contributed by atoms with van der Waals surface area (Å²) in [7, 11) is 0. The molecule has 0 amide bonds. The largest absolute Gasteiger partial charge is 0.466 e. The number of carbonyl (C=O) groups is 1. The van der Waals surface area contributed by atoms with Crippen molar-refractivity contribution in [3.63, 3.8) is 0 Å². The Bertz CT molecular complexity index is 230. The van der Waals surface area contributed by atoms with Crippen LogP contribution >= 0.6 is 0 Å². The molecule has 14 heavy (non-hydrogen) atoms. The third kappa shape index (κ3) is 3.52. The average Bonchev–Trinajstić information content (AvgIpc) is 2.15. The first-order valence-electron chi connectivity index (χ1n) is 5.38. The van der Waals surface area contributed by atoms with E-state index in [2.05, 4.69) is 19.9 Å². The molecule has 0 aromatic carbocycles. The molecule has 2 nitrogen and oxygen atoms in total. The van der Waals surface area contributed by atoms with Crippen LogP contribution in [0.3, 0.4) is 0 Å². The molecule has 0 aromatic heterocycles. The summed E-state index contributed by atoms with van der Waals surface area (Å²) in [6.45, 7) is 6.40. The van der Waals surface area contributed by atoms with Crippen LogP contribution in [0, 0.1) is 11.8 Å². The molecule has 0 N–H and O–H groups in total. The lowest BCUT2D eigenvalue weighted by Gasteiger charge is -2.26. The van der Waals surface area contributed by atoms with Gasteiger partial charge in [-0.1, -0.05) is 18.6 Å². The Hall–Kier alpha value is -0.790. The molecule has 0 aromatic rings. The summed E-state index contributed by atoms with van der Waals surface area (Å²) in [6, 6.07) is 0. The Kier molecular flexibility index (Phi) is 4.18. The highest BCUT2D eigenvalue weighted by atomic mass is 16.5. The summed E-state index contributed by atoms with van der Waals surface area (Å²) >= 11 is 0. The average molecular weight is 196 g/mol. The molecule has 2 heteroatoms. The predicted molar refractivity (Wildman–Crippen MR) is 56.9 cm³/mol. The molecule has 80 valence electrons. The lowest BCUT2D eigenvalue weighted by atomic mass is 9.82. The summed E-state index contributed by atoms with van der Waals surface area (Å²) in [5.74, 6) is 1.01. The van der Waals surface area contributed by atoms with Gasteiger partial charge in [0.1, 0.15) is 0 Å². The second-order valence-electron chi connectivity index (χ2n) is 4.36. The van der Waals surface area contributed by atoms with E-state index in [1.165, 1.54) is 25.3 Å². The molecular formula is C12H20O2. The number of hydrogen-bond acceptors (Lipinski definition) is 2. The number of hydrogen-bond donors (Lipinski definition) is 0. The van der Waals surface area contributed by atoms with E-state index < -0.39 is 0 Å². The number of rotatable bonds is 3. The van der Waals surface area contributed by atoms with Crippen LogP contribution in [-0.4, -0.2) is 12.6 Å². The molecule has 0 aliphatic heterocycles. The second kappa shape index (κ2) is 5.18. The molecule has 0 saturated carbocycles. The molecule has 2 atom stereocenters. The van der Waals surface area contributed by atoms with Crippen molar-refractivity contribution in [2.24, 2.45) is 11.8 Å². The van der Waals surface area contributed by atoms with Crippen LogP contribution in [0.1, 0.15) is 40.0 Å². The zero-order valence-electron chi connectivity index (χ0n) is 9.38. The molecular weight excluding hydrogens is 176 g/mol. The van der Waals surface area contributed by atoms with E-state index in [9.17, 15) is 4.79 Å². The van der Waals surface area contributed by atoms with E-state index in [-0.39, 0.29) is 5.97 Å². The van der Waals surface area contributed by atoms with E-state index in [0.29, 0.717) is 18.4 Å².